The summed E-state index contributed by atoms with van der Waals surface area (Å²) in [7, 11) is 0. The smallest absolute Gasteiger partial charge is 0.0116 e. The van der Waals surface area contributed by atoms with Crippen LogP contribution in [0.25, 0.3) is 0 Å². The number of hydrogen-bond acceptors (Lipinski definition) is 1. The summed E-state index contributed by atoms with van der Waals surface area (Å²) in [4.78, 5) is 1.33. The molecule has 0 saturated heterocycles. The molecule has 0 amide bonds. The Kier molecular flexibility index (Phi) is 8.85. The third-order valence-electron chi connectivity index (χ3n) is 2.77. The molecule has 0 unspecified atom stereocenters. The maximum atomic E-state index is 2.30. The first kappa shape index (κ1) is 14.4. The van der Waals surface area contributed by atoms with Crippen LogP contribution in [0.3, 0.4) is 0 Å². The zero-order chi connectivity index (χ0) is 12.2. The molecule has 0 saturated carbocycles. The largest absolute Gasteiger partial charge is 0.0984 e. The molecule has 0 atom stereocenters. The molecule has 0 aliphatic rings. The minimum absolute atomic E-state index is 1.23. The van der Waals surface area contributed by atoms with Crippen molar-refractivity contribution in [2.24, 2.45) is 0 Å². The molecule has 0 nitrogen and oxygen atoms in total. The Morgan fingerprint density at radius 3 is 2.41 bits per heavy atom. The zero-order valence-corrected chi connectivity index (χ0v) is 11.7. The zero-order valence-electron chi connectivity index (χ0n) is 10.9. The third kappa shape index (κ3) is 8.09. The molecule has 0 N–H and O–H groups in total. The van der Waals surface area contributed by atoms with Crippen molar-refractivity contribution in [1.29, 1.82) is 0 Å². The summed E-state index contributed by atoms with van der Waals surface area (Å²) in [6.07, 6.45) is 11.8. The van der Waals surface area contributed by atoms with Crippen LogP contribution in [0.2, 0.25) is 0 Å². The molecule has 0 radical (unpaired) electrons. The number of benzene rings is 1. The van der Waals surface area contributed by atoms with E-state index in [1.165, 1.54) is 49.8 Å². The van der Waals surface area contributed by atoms with Gasteiger partial charge >= 0.3 is 0 Å². The average Bonchev–Trinajstić information content (AvgIpc) is 2.38. The predicted molar refractivity (Wildman–Crippen MR) is 79.4 cm³/mol. The van der Waals surface area contributed by atoms with Crippen LogP contribution in [-0.2, 0) is 0 Å². The molecule has 17 heavy (non-hydrogen) atoms. The molecule has 0 heterocycles. The van der Waals surface area contributed by atoms with Gasteiger partial charge in [-0.1, -0.05) is 75.1 Å². The summed E-state index contributed by atoms with van der Waals surface area (Å²) in [5, 5.41) is 2.22. The van der Waals surface area contributed by atoms with Crippen LogP contribution in [-0.4, -0.2) is 0 Å². The van der Waals surface area contributed by atoms with Crippen molar-refractivity contribution < 1.29 is 0 Å². The Labute approximate surface area is 111 Å². The van der Waals surface area contributed by atoms with Gasteiger partial charge in [0.15, 0.2) is 0 Å². The summed E-state index contributed by atoms with van der Waals surface area (Å²) in [6, 6.07) is 10.5. The number of rotatable bonds is 9. The Hall–Kier alpha value is -0.690. The van der Waals surface area contributed by atoms with Gasteiger partial charge < -0.3 is 0 Å². The number of hydrogen-bond donors (Lipinski definition) is 0. The average molecular weight is 248 g/mol. The molecule has 1 heteroatoms. The van der Waals surface area contributed by atoms with E-state index < -0.39 is 0 Å². The second kappa shape index (κ2) is 10.5. The third-order valence-corrected chi connectivity index (χ3v) is 3.64. The lowest BCUT2D eigenvalue weighted by Gasteiger charge is -1.98. The quantitative estimate of drug-likeness (QED) is 0.379. The van der Waals surface area contributed by atoms with Crippen molar-refractivity contribution >= 4 is 11.8 Å². The van der Waals surface area contributed by atoms with Gasteiger partial charge in [-0.3, -0.25) is 0 Å². The van der Waals surface area contributed by atoms with E-state index in [1.807, 2.05) is 11.8 Å². The number of allylic oxidation sites excluding steroid dienone is 1. The van der Waals surface area contributed by atoms with Crippen molar-refractivity contribution in [3.05, 3.63) is 41.8 Å². The lowest BCUT2D eigenvalue weighted by Crippen LogP contribution is -1.77. The van der Waals surface area contributed by atoms with Gasteiger partial charge in [0, 0.05) is 4.90 Å². The first-order valence-electron chi connectivity index (χ1n) is 6.80. The lowest BCUT2D eigenvalue weighted by atomic mass is 10.1. The highest BCUT2D eigenvalue weighted by Crippen LogP contribution is 2.18. The normalized spacial score (nSPS) is 11.1. The second-order valence-electron chi connectivity index (χ2n) is 4.36. The van der Waals surface area contributed by atoms with Crippen LogP contribution in [0.4, 0.5) is 0 Å². The molecular weight excluding hydrogens is 224 g/mol. The van der Waals surface area contributed by atoms with Crippen LogP contribution in [0.1, 0.15) is 51.9 Å². The first-order chi connectivity index (χ1) is 8.43. The highest BCUT2D eigenvalue weighted by atomic mass is 32.2. The van der Waals surface area contributed by atoms with E-state index in [-0.39, 0.29) is 0 Å². The van der Waals surface area contributed by atoms with E-state index in [0.29, 0.717) is 0 Å². The Morgan fingerprint density at radius 1 is 0.941 bits per heavy atom. The van der Waals surface area contributed by atoms with Gasteiger partial charge in [-0.05, 0) is 30.4 Å². The minimum Gasteiger partial charge on any atom is -0.0984 e. The SMILES string of the molecule is CCCCCCCC/C=C/Sc1ccccc1. The van der Waals surface area contributed by atoms with Crippen LogP contribution in [0, 0.1) is 0 Å². The monoisotopic (exact) mass is 248 g/mol. The van der Waals surface area contributed by atoms with E-state index in [0.717, 1.165) is 0 Å². The molecular formula is C16H24S. The fourth-order valence-corrected chi connectivity index (χ4v) is 2.44. The van der Waals surface area contributed by atoms with Crippen molar-refractivity contribution in [2.45, 2.75) is 56.8 Å². The van der Waals surface area contributed by atoms with Crippen molar-refractivity contribution in [3.8, 4) is 0 Å². The molecule has 0 spiro atoms. The fraction of sp³-hybridized carbons (Fsp3) is 0.500. The standard InChI is InChI=1S/C16H24S/c1-2-3-4-5-6-7-8-12-15-17-16-13-10-9-11-14-16/h9-15H,2-8H2,1H3/b15-12+. The maximum absolute atomic E-state index is 2.30. The molecule has 0 bridgehead atoms. The van der Waals surface area contributed by atoms with Crippen LogP contribution in [0.15, 0.2) is 46.7 Å². The molecule has 0 aliphatic carbocycles. The number of unbranched alkanes of at least 4 members (excludes halogenated alkanes) is 6. The van der Waals surface area contributed by atoms with Crippen LogP contribution >= 0.6 is 11.8 Å². The lowest BCUT2D eigenvalue weighted by molar-refractivity contribution is 0.611. The van der Waals surface area contributed by atoms with Crippen LogP contribution in [0.5, 0.6) is 0 Å². The van der Waals surface area contributed by atoms with Crippen molar-refractivity contribution in [2.75, 3.05) is 0 Å². The Bertz CT molecular complexity index is 290. The van der Waals surface area contributed by atoms with Gasteiger partial charge in [-0.2, -0.15) is 0 Å². The summed E-state index contributed by atoms with van der Waals surface area (Å²) >= 11 is 1.81. The number of thioether (sulfide) groups is 1. The molecule has 94 valence electrons. The van der Waals surface area contributed by atoms with E-state index in [2.05, 4.69) is 48.7 Å². The summed E-state index contributed by atoms with van der Waals surface area (Å²) < 4.78 is 0. The Balaban J connectivity index is 1.96. The second-order valence-corrected chi connectivity index (χ2v) is 5.34. The highest BCUT2D eigenvalue weighted by molar-refractivity contribution is 8.02. The van der Waals surface area contributed by atoms with Gasteiger partial charge in [0.05, 0.1) is 0 Å². The van der Waals surface area contributed by atoms with E-state index >= 15 is 0 Å². The molecule has 0 aromatic heterocycles. The summed E-state index contributed by atoms with van der Waals surface area (Å²) in [5.41, 5.74) is 0. The van der Waals surface area contributed by atoms with Gasteiger partial charge in [0.2, 0.25) is 0 Å². The van der Waals surface area contributed by atoms with Gasteiger partial charge in [0.1, 0.15) is 0 Å². The molecule has 0 aliphatic heterocycles. The summed E-state index contributed by atoms with van der Waals surface area (Å²) in [5.74, 6) is 0. The van der Waals surface area contributed by atoms with E-state index in [1.54, 1.807) is 0 Å². The summed E-state index contributed by atoms with van der Waals surface area (Å²) in [6.45, 7) is 2.27. The fourth-order valence-electron chi connectivity index (χ4n) is 1.74. The molecule has 1 rings (SSSR count). The minimum atomic E-state index is 1.23. The molecule has 0 fully saturated rings. The maximum Gasteiger partial charge on any atom is 0.0116 e. The molecule has 1 aromatic rings. The van der Waals surface area contributed by atoms with Gasteiger partial charge in [0.25, 0.3) is 0 Å². The Morgan fingerprint density at radius 2 is 1.65 bits per heavy atom. The topological polar surface area (TPSA) is 0 Å². The molecule has 1 aromatic carbocycles. The van der Waals surface area contributed by atoms with Gasteiger partial charge in [-0.25, -0.2) is 0 Å². The van der Waals surface area contributed by atoms with E-state index in [9.17, 15) is 0 Å². The first-order valence-corrected chi connectivity index (χ1v) is 7.68. The predicted octanol–water partition coefficient (Wildman–Crippen LogP) is 6.04. The highest BCUT2D eigenvalue weighted by Gasteiger charge is 1.89. The van der Waals surface area contributed by atoms with E-state index in [4.69, 9.17) is 0 Å². The van der Waals surface area contributed by atoms with Crippen molar-refractivity contribution in [1.82, 2.24) is 0 Å². The van der Waals surface area contributed by atoms with Crippen LogP contribution < -0.4 is 0 Å². The van der Waals surface area contributed by atoms with Gasteiger partial charge in [-0.15, -0.1) is 0 Å². The van der Waals surface area contributed by atoms with Crippen molar-refractivity contribution in [3.63, 3.8) is 0 Å².